The van der Waals surface area contributed by atoms with Crippen LogP contribution in [0.15, 0.2) is 139 Å². The lowest BCUT2D eigenvalue weighted by atomic mass is 9.90. The molecular formula is C54H69N7O5. The third kappa shape index (κ3) is 17.3. The quantitative estimate of drug-likeness (QED) is 0.0418. The van der Waals surface area contributed by atoms with E-state index in [-0.39, 0.29) is 36.8 Å². The number of carbonyl (C=O) groups is 4. The molecule has 5 rings (SSSR count). The molecule has 3 N–H and O–H groups in total. The van der Waals surface area contributed by atoms with Crippen molar-refractivity contribution >= 4 is 46.4 Å². The highest BCUT2D eigenvalue weighted by Crippen LogP contribution is 2.37. The van der Waals surface area contributed by atoms with Crippen LogP contribution in [-0.4, -0.2) is 112 Å². The average Bonchev–Trinajstić information content (AvgIpc) is 3.66. The van der Waals surface area contributed by atoms with Gasteiger partial charge in [0.05, 0.1) is 31.2 Å². The van der Waals surface area contributed by atoms with Gasteiger partial charge >= 0.3 is 0 Å². The topological polar surface area (TPSA) is 136 Å². The van der Waals surface area contributed by atoms with Gasteiger partial charge in [0.2, 0.25) is 17.7 Å². The van der Waals surface area contributed by atoms with Gasteiger partial charge < -0.3 is 30.5 Å². The molecule has 0 bridgehead atoms. The van der Waals surface area contributed by atoms with Gasteiger partial charge in [0.15, 0.2) is 0 Å². The number of unbranched alkanes of at least 4 members (excludes halogenated alkanes) is 1. The number of anilines is 2. The Morgan fingerprint density at radius 3 is 2.05 bits per heavy atom. The molecule has 1 fully saturated rings. The summed E-state index contributed by atoms with van der Waals surface area (Å²) in [6, 6.07) is 22.3. The highest BCUT2D eigenvalue weighted by atomic mass is 16.5. The minimum absolute atomic E-state index is 0.00394. The molecule has 0 saturated carbocycles. The summed E-state index contributed by atoms with van der Waals surface area (Å²) in [5.74, 6) is -1.20. The Morgan fingerprint density at radius 1 is 0.773 bits per heavy atom. The summed E-state index contributed by atoms with van der Waals surface area (Å²) in [6.45, 7) is 7.46. The van der Waals surface area contributed by atoms with E-state index in [0.717, 1.165) is 87.9 Å². The van der Waals surface area contributed by atoms with E-state index in [1.165, 1.54) is 0 Å². The number of likely N-dealkylation sites (N-methyl/N-ethyl adjacent to an activating group) is 2. The van der Waals surface area contributed by atoms with Gasteiger partial charge in [-0.1, -0.05) is 104 Å². The third-order valence-corrected chi connectivity index (χ3v) is 11.3. The number of piperazine rings is 1. The van der Waals surface area contributed by atoms with E-state index < -0.39 is 5.92 Å². The van der Waals surface area contributed by atoms with Gasteiger partial charge in [-0.25, -0.2) is 0 Å². The van der Waals surface area contributed by atoms with E-state index in [9.17, 15) is 19.2 Å². The van der Waals surface area contributed by atoms with E-state index in [4.69, 9.17) is 9.73 Å². The molecule has 12 heteroatoms. The molecule has 0 aromatic heterocycles. The lowest BCUT2D eigenvalue weighted by molar-refractivity contribution is -0.121. The molecular weight excluding hydrogens is 827 g/mol. The molecule has 1 unspecified atom stereocenters. The number of aliphatic imine (C=N–C) groups is 1. The number of hydrogen-bond donors (Lipinski definition) is 3. The van der Waals surface area contributed by atoms with Crippen LogP contribution in [0.2, 0.25) is 0 Å². The van der Waals surface area contributed by atoms with Crippen molar-refractivity contribution in [1.29, 1.82) is 0 Å². The fourth-order valence-corrected chi connectivity index (χ4v) is 7.46. The highest BCUT2D eigenvalue weighted by Gasteiger charge is 2.36. The number of ether oxygens (including phenoxy) is 1. The normalized spacial score (nSPS) is 16.0. The Labute approximate surface area is 392 Å². The molecule has 0 aliphatic carbocycles. The average molecular weight is 896 g/mol. The van der Waals surface area contributed by atoms with E-state index in [0.29, 0.717) is 48.8 Å². The summed E-state index contributed by atoms with van der Waals surface area (Å²) in [7, 11) is 3.88. The number of allylic oxidation sites excluding steroid dienone is 10. The highest BCUT2D eigenvalue weighted by molar-refractivity contribution is 6.24. The molecule has 12 nitrogen and oxygen atoms in total. The first-order valence-corrected chi connectivity index (χ1v) is 23.5. The van der Waals surface area contributed by atoms with E-state index in [2.05, 4.69) is 100 Å². The van der Waals surface area contributed by atoms with Crippen molar-refractivity contribution in [2.24, 2.45) is 4.99 Å². The Bertz CT molecular complexity index is 2190. The van der Waals surface area contributed by atoms with Crippen molar-refractivity contribution in [3.05, 3.63) is 150 Å². The van der Waals surface area contributed by atoms with Crippen molar-refractivity contribution in [2.75, 3.05) is 83.3 Å². The molecule has 0 spiro atoms. The molecule has 66 heavy (non-hydrogen) atoms. The Morgan fingerprint density at radius 2 is 1.39 bits per heavy atom. The lowest BCUT2D eigenvalue weighted by Gasteiger charge is -2.32. The Hall–Kier alpha value is -6.21. The number of fused-ring (bicyclic) bond motifs is 1. The van der Waals surface area contributed by atoms with Crippen LogP contribution in [0.1, 0.15) is 85.7 Å². The van der Waals surface area contributed by atoms with Crippen LogP contribution in [0.3, 0.4) is 0 Å². The molecule has 1 saturated heterocycles. The smallest absolute Gasteiger partial charge is 0.251 e. The number of nitrogens with zero attached hydrogens (tertiary/aromatic N) is 4. The van der Waals surface area contributed by atoms with Crippen LogP contribution in [0.25, 0.3) is 0 Å². The van der Waals surface area contributed by atoms with Crippen molar-refractivity contribution in [3.8, 4) is 0 Å². The number of rotatable bonds is 26. The Balaban J connectivity index is 0.999. The zero-order chi connectivity index (χ0) is 46.8. The molecule has 0 radical (unpaired) electrons. The fourth-order valence-electron chi connectivity index (χ4n) is 7.46. The largest absolute Gasteiger partial charge is 0.378 e. The predicted octanol–water partition coefficient (Wildman–Crippen LogP) is 8.54. The van der Waals surface area contributed by atoms with Gasteiger partial charge in [-0.15, -0.1) is 0 Å². The van der Waals surface area contributed by atoms with E-state index in [1.807, 2.05) is 54.6 Å². The summed E-state index contributed by atoms with van der Waals surface area (Å²) in [5, 5.41) is 8.74. The number of nitrogens with one attached hydrogen (secondary N) is 3. The van der Waals surface area contributed by atoms with Crippen LogP contribution in [0, 0.1) is 0 Å². The summed E-state index contributed by atoms with van der Waals surface area (Å²) in [4.78, 5) is 63.2. The SMILES string of the molecule is CCC=CCC=CCC=CCC=CCC=CCCCC(=O)NCCOCCNC(=O)c1ccc2c(c1)NC(=O)C2C(=Nc1ccc(N(C)C(=O)CN2CCN(C)CC2)cc1)c1ccccc1. The first kappa shape index (κ1) is 50.8. The van der Waals surface area contributed by atoms with Gasteiger partial charge in [-0.2, -0.15) is 0 Å². The summed E-state index contributed by atoms with van der Waals surface area (Å²) in [5.41, 5.74) is 4.48. The van der Waals surface area contributed by atoms with Crippen LogP contribution in [0.5, 0.6) is 0 Å². The maximum absolute atomic E-state index is 13.6. The number of amides is 4. The number of carbonyl (C=O) groups excluding carboxylic acids is 4. The molecule has 350 valence electrons. The summed E-state index contributed by atoms with van der Waals surface area (Å²) >= 11 is 0. The molecule has 3 aromatic carbocycles. The van der Waals surface area contributed by atoms with Gasteiger partial charge in [0, 0.05) is 69.7 Å². The standard InChI is InChI=1S/C54H69N7O5/c1-4-5-6-7-8-9-10-11-12-13-14-15-16-17-18-19-23-26-49(62)55-33-39-66-40-34-56-53(64)44-27-32-47-48(41-44)58-54(65)51(47)52(43-24-21-20-22-25-43)57-45-28-30-46(31-29-45)60(3)50(63)42-61-37-35-59(2)36-38-61/h5-6,8-9,11-12,14-15,17-18,20-22,24-25,27-32,41,51H,4,7,10,13,16,19,23,26,33-40,42H2,1-3H3,(H,55,62)(H,56,64)(H,58,65). The minimum atomic E-state index is -0.704. The first-order valence-electron chi connectivity index (χ1n) is 23.5. The molecule has 2 aliphatic heterocycles. The van der Waals surface area contributed by atoms with E-state index >= 15 is 0 Å². The van der Waals surface area contributed by atoms with Crippen LogP contribution < -0.4 is 20.9 Å². The fraction of sp³-hybridized carbons (Fsp3) is 0.389. The zero-order valence-corrected chi connectivity index (χ0v) is 39.1. The Kier molecular flexibility index (Phi) is 22.0. The summed E-state index contributed by atoms with van der Waals surface area (Å²) < 4.78 is 5.64. The van der Waals surface area contributed by atoms with Crippen molar-refractivity contribution in [1.82, 2.24) is 20.4 Å². The van der Waals surface area contributed by atoms with Crippen LogP contribution >= 0.6 is 0 Å². The second-order valence-electron chi connectivity index (χ2n) is 16.5. The van der Waals surface area contributed by atoms with Gasteiger partial charge in [0.25, 0.3) is 5.91 Å². The third-order valence-electron chi connectivity index (χ3n) is 11.3. The second kappa shape index (κ2) is 28.6. The van der Waals surface area contributed by atoms with Gasteiger partial charge in [0.1, 0.15) is 5.92 Å². The first-order chi connectivity index (χ1) is 32.2. The maximum atomic E-state index is 13.6. The number of hydrogen-bond acceptors (Lipinski definition) is 8. The second-order valence-corrected chi connectivity index (χ2v) is 16.5. The zero-order valence-electron chi connectivity index (χ0n) is 39.1. The maximum Gasteiger partial charge on any atom is 0.251 e. The van der Waals surface area contributed by atoms with Gasteiger partial charge in [-0.05, 0) is 99.5 Å². The summed E-state index contributed by atoms with van der Waals surface area (Å²) in [6.07, 6.45) is 28.7. The van der Waals surface area contributed by atoms with Crippen molar-refractivity contribution in [2.45, 2.75) is 64.2 Å². The molecule has 4 amide bonds. The molecule has 2 aliphatic rings. The van der Waals surface area contributed by atoms with Crippen LogP contribution in [0.4, 0.5) is 17.1 Å². The van der Waals surface area contributed by atoms with Crippen LogP contribution in [-0.2, 0) is 19.1 Å². The molecule has 3 aromatic rings. The van der Waals surface area contributed by atoms with E-state index in [1.54, 1.807) is 30.1 Å². The monoisotopic (exact) mass is 896 g/mol. The minimum Gasteiger partial charge on any atom is -0.378 e. The molecule has 2 heterocycles. The number of benzene rings is 3. The van der Waals surface area contributed by atoms with Crippen molar-refractivity contribution in [3.63, 3.8) is 0 Å². The molecule has 1 atom stereocenters. The van der Waals surface area contributed by atoms with Crippen molar-refractivity contribution < 1.29 is 23.9 Å². The predicted molar refractivity (Wildman–Crippen MR) is 269 cm³/mol. The van der Waals surface area contributed by atoms with Gasteiger partial charge in [-0.3, -0.25) is 29.1 Å². The lowest BCUT2D eigenvalue weighted by Crippen LogP contribution is -2.48.